The zero-order valence-corrected chi connectivity index (χ0v) is 8.38. The molecule has 0 fully saturated rings. The van der Waals surface area contributed by atoms with Crippen LogP contribution in [-0.4, -0.2) is 36.6 Å². The summed E-state index contributed by atoms with van der Waals surface area (Å²) >= 11 is 0. The SMILES string of the molecule is O=C(O)c1cc(-c2c(O)cc(O)cc2O)n[nH]1. The van der Waals surface area contributed by atoms with E-state index >= 15 is 0 Å². The third-order valence-corrected chi connectivity index (χ3v) is 2.15. The van der Waals surface area contributed by atoms with Crippen LogP contribution in [0, 0.1) is 0 Å². The van der Waals surface area contributed by atoms with Gasteiger partial charge >= 0.3 is 5.97 Å². The van der Waals surface area contributed by atoms with Crippen molar-refractivity contribution in [1.29, 1.82) is 0 Å². The Bertz CT molecular complexity index is 567. The molecule has 1 aromatic carbocycles. The van der Waals surface area contributed by atoms with E-state index in [1.54, 1.807) is 0 Å². The molecule has 7 heteroatoms. The molecule has 88 valence electrons. The van der Waals surface area contributed by atoms with Crippen LogP contribution in [0.5, 0.6) is 17.2 Å². The number of hydrogen-bond acceptors (Lipinski definition) is 5. The van der Waals surface area contributed by atoms with Gasteiger partial charge in [0, 0.05) is 12.1 Å². The van der Waals surface area contributed by atoms with Crippen LogP contribution in [0.15, 0.2) is 18.2 Å². The van der Waals surface area contributed by atoms with Crippen LogP contribution < -0.4 is 0 Å². The minimum atomic E-state index is -1.21. The maximum absolute atomic E-state index is 10.6. The quantitative estimate of drug-likeness (QED) is 0.527. The van der Waals surface area contributed by atoms with Gasteiger partial charge in [0.05, 0.1) is 5.56 Å². The number of aromatic hydroxyl groups is 3. The van der Waals surface area contributed by atoms with Gasteiger partial charge in [-0.05, 0) is 6.07 Å². The highest BCUT2D eigenvalue weighted by atomic mass is 16.4. The third-order valence-electron chi connectivity index (χ3n) is 2.15. The monoisotopic (exact) mass is 236 g/mol. The number of aromatic amines is 1. The molecule has 0 saturated heterocycles. The van der Waals surface area contributed by atoms with Crippen LogP contribution in [0.2, 0.25) is 0 Å². The summed E-state index contributed by atoms with van der Waals surface area (Å²) in [5.41, 5.74) is -0.157. The van der Waals surface area contributed by atoms with Crippen molar-refractivity contribution in [3.05, 3.63) is 23.9 Å². The van der Waals surface area contributed by atoms with Gasteiger partial charge in [-0.3, -0.25) is 5.10 Å². The molecule has 0 saturated carbocycles. The molecule has 5 N–H and O–H groups in total. The van der Waals surface area contributed by atoms with E-state index < -0.39 is 17.5 Å². The second-order valence-corrected chi connectivity index (χ2v) is 3.33. The van der Waals surface area contributed by atoms with E-state index in [1.165, 1.54) is 0 Å². The first kappa shape index (κ1) is 10.8. The molecule has 2 rings (SSSR count). The van der Waals surface area contributed by atoms with Crippen LogP contribution in [0.3, 0.4) is 0 Å². The lowest BCUT2D eigenvalue weighted by Crippen LogP contribution is -1.95. The van der Waals surface area contributed by atoms with Crippen molar-refractivity contribution in [2.24, 2.45) is 0 Å². The summed E-state index contributed by atoms with van der Waals surface area (Å²) in [5, 5.41) is 42.8. The summed E-state index contributed by atoms with van der Waals surface area (Å²) in [6.07, 6.45) is 0. The van der Waals surface area contributed by atoms with Crippen molar-refractivity contribution in [2.75, 3.05) is 0 Å². The van der Waals surface area contributed by atoms with Crippen molar-refractivity contribution in [3.8, 4) is 28.5 Å². The van der Waals surface area contributed by atoms with E-state index in [0.29, 0.717) is 0 Å². The Balaban J connectivity index is 2.56. The van der Waals surface area contributed by atoms with Gasteiger partial charge < -0.3 is 20.4 Å². The number of aromatic carboxylic acids is 1. The Morgan fingerprint density at radius 2 is 1.71 bits per heavy atom. The Labute approximate surface area is 94.6 Å². The summed E-state index contributed by atoms with van der Waals surface area (Å²) in [5.74, 6) is -2.31. The first-order valence-electron chi connectivity index (χ1n) is 4.53. The highest BCUT2D eigenvalue weighted by Gasteiger charge is 2.16. The Kier molecular flexibility index (Phi) is 2.36. The minimum absolute atomic E-state index is 0.0495. The largest absolute Gasteiger partial charge is 0.508 e. The zero-order chi connectivity index (χ0) is 12.6. The number of H-pyrrole nitrogens is 1. The van der Waals surface area contributed by atoms with E-state index in [9.17, 15) is 15.0 Å². The molecular weight excluding hydrogens is 228 g/mol. The van der Waals surface area contributed by atoms with Crippen molar-refractivity contribution >= 4 is 5.97 Å². The first-order valence-corrected chi connectivity index (χ1v) is 4.53. The molecule has 0 bridgehead atoms. The first-order chi connectivity index (χ1) is 7.99. The summed E-state index contributed by atoms with van der Waals surface area (Å²) in [7, 11) is 0. The van der Waals surface area contributed by atoms with Crippen molar-refractivity contribution in [3.63, 3.8) is 0 Å². The van der Waals surface area contributed by atoms with Crippen LogP contribution in [0.25, 0.3) is 11.3 Å². The number of rotatable bonds is 2. The number of aromatic nitrogens is 2. The number of benzene rings is 1. The number of hydrogen-bond donors (Lipinski definition) is 5. The number of carboxylic acids is 1. The maximum atomic E-state index is 10.6. The molecule has 17 heavy (non-hydrogen) atoms. The predicted octanol–water partition coefficient (Wildman–Crippen LogP) is 0.892. The third kappa shape index (κ3) is 1.85. The lowest BCUT2D eigenvalue weighted by Gasteiger charge is -2.04. The van der Waals surface area contributed by atoms with Gasteiger partial charge in [-0.1, -0.05) is 0 Å². The molecule has 0 spiro atoms. The predicted molar refractivity (Wildman–Crippen MR) is 56.0 cm³/mol. The van der Waals surface area contributed by atoms with E-state index in [-0.39, 0.29) is 22.7 Å². The lowest BCUT2D eigenvalue weighted by molar-refractivity contribution is 0.0690. The van der Waals surface area contributed by atoms with Gasteiger partial charge in [0.1, 0.15) is 28.6 Å². The summed E-state index contributed by atoms with van der Waals surface area (Å²) in [6, 6.07) is 3.20. The van der Waals surface area contributed by atoms with Gasteiger partial charge in [-0.2, -0.15) is 5.10 Å². The van der Waals surface area contributed by atoms with Crippen molar-refractivity contribution in [2.45, 2.75) is 0 Å². The highest BCUT2D eigenvalue weighted by molar-refractivity contribution is 5.88. The molecule has 1 aromatic heterocycles. The molecule has 0 radical (unpaired) electrons. The molecule has 0 atom stereocenters. The van der Waals surface area contributed by atoms with Gasteiger partial charge in [0.15, 0.2) is 0 Å². The maximum Gasteiger partial charge on any atom is 0.353 e. The molecule has 2 aromatic rings. The average molecular weight is 236 g/mol. The number of nitrogens with zero attached hydrogens (tertiary/aromatic N) is 1. The Hall–Kier alpha value is -2.70. The van der Waals surface area contributed by atoms with Gasteiger partial charge in [-0.15, -0.1) is 0 Å². The van der Waals surface area contributed by atoms with E-state index in [2.05, 4.69) is 10.2 Å². The fraction of sp³-hybridized carbons (Fsp3) is 0. The Morgan fingerprint density at radius 1 is 1.12 bits per heavy atom. The molecular formula is C10H8N2O5. The summed E-state index contributed by atoms with van der Waals surface area (Å²) in [6.45, 7) is 0. The number of phenolic OH excluding ortho intramolecular Hbond substituents is 3. The zero-order valence-electron chi connectivity index (χ0n) is 8.38. The van der Waals surface area contributed by atoms with E-state index in [1.807, 2.05) is 0 Å². The van der Waals surface area contributed by atoms with E-state index in [4.69, 9.17) is 10.2 Å². The van der Waals surface area contributed by atoms with Crippen LogP contribution in [0.1, 0.15) is 10.5 Å². The molecule has 0 aliphatic heterocycles. The fourth-order valence-corrected chi connectivity index (χ4v) is 1.42. The molecule has 1 heterocycles. The highest BCUT2D eigenvalue weighted by Crippen LogP contribution is 2.39. The standard InChI is InChI=1S/C10H8N2O5/c13-4-1-7(14)9(8(15)2-4)5-3-6(10(16)17)12-11-5/h1-3,13-15H,(H,11,12)(H,16,17). The van der Waals surface area contributed by atoms with E-state index in [0.717, 1.165) is 18.2 Å². The molecule has 0 amide bonds. The minimum Gasteiger partial charge on any atom is -0.508 e. The lowest BCUT2D eigenvalue weighted by atomic mass is 10.1. The average Bonchev–Trinajstić information content (AvgIpc) is 2.65. The van der Waals surface area contributed by atoms with Crippen LogP contribution in [-0.2, 0) is 0 Å². The smallest absolute Gasteiger partial charge is 0.353 e. The molecule has 0 aliphatic rings. The van der Waals surface area contributed by atoms with Gasteiger partial charge in [0.2, 0.25) is 0 Å². The second kappa shape index (κ2) is 3.71. The normalized spacial score (nSPS) is 10.4. The van der Waals surface area contributed by atoms with Crippen molar-refractivity contribution in [1.82, 2.24) is 10.2 Å². The molecule has 0 aliphatic carbocycles. The Morgan fingerprint density at radius 3 is 2.18 bits per heavy atom. The summed E-state index contributed by atoms with van der Waals surface area (Å²) < 4.78 is 0. The van der Waals surface area contributed by atoms with Crippen molar-refractivity contribution < 1.29 is 25.2 Å². The summed E-state index contributed by atoms with van der Waals surface area (Å²) in [4.78, 5) is 10.6. The number of carbonyl (C=O) groups is 1. The molecule has 0 unspecified atom stereocenters. The molecule has 7 nitrogen and oxygen atoms in total. The number of phenols is 3. The van der Waals surface area contributed by atoms with Gasteiger partial charge in [-0.25, -0.2) is 4.79 Å². The van der Waals surface area contributed by atoms with Gasteiger partial charge in [0.25, 0.3) is 0 Å². The van der Waals surface area contributed by atoms with Crippen LogP contribution >= 0.6 is 0 Å². The topological polar surface area (TPSA) is 127 Å². The number of carboxylic acid groups (broad SMARTS) is 1. The number of nitrogens with one attached hydrogen (secondary N) is 1. The second-order valence-electron chi connectivity index (χ2n) is 3.33. The fourth-order valence-electron chi connectivity index (χ4n) is 1.42. The van der Waals surface area contributed by atoms with Crippen LogP contribution in [0.4, 0.5) is 0 Å².